The summed E-state index contributed by atoms with van der Waals surface area (Å²) in [4.78, 5) is 15.2. The molecule has 0 amide bonds. The zero-order chi connectivity index (χ0) is 21.2. The topological polar surface area (TPSA) is 77.4 Å². The summed E-state index contributed by atoms with van der Waals surface area (Å²) in [6, 6.07) is 3.18. The number of benzene rings is 1. The van der Waals surface area contributed by atoms with E-state index >= 15 is 0 Å². The van der Waals surface area contributed by atoms with Gasteiger partial charge in [-0.05, 0) is 19.1 Å². The van der Waals surface area contributed by atoms with Gasteiger partial charge < -0.3 is 14.6 Å². The normalized spacial score (nSPS) is 20.0. The fraction of sp³-hybridized carbons (Fsp3) is 0.467. The second-order valence-electron chi connectivity index (χ2n) is 5.63. The van der Waals surface area contributed by atoms with Crippen LogP contribution in [0.25, 0.3) is 0 Å². The number of hydrogen-bond acceptors (Lipinski definition) is 6. The highest BCUT2D eigenvalue weighted by molar-refractivity contribution is 8.14. The Morgan fingerprint density at radius 3 is 2.43 bits per heavy atom. The monoisotopic (exact) mass is 433 g/mol. The second-order valence-corrected chi connectivity index (χ2v) is 6.60. The quantitative estimate of drug-likeness (QED) is 0.520. The van der Waals surface area contributed by atoms with Crippen LogP contribution < -0.4 is 9.47 Å². The first kappa shape index (κ1) is 22.1. The molecule has 1 aromatic carbocycles. The zero-order valence-corrected chi connectivity index (χ0v) is 14.9. The van der Waals surface area contributed by atoms with Crippen LogP contribution in [-0.2, 0) is 9.53 Å². The summed E-state index contributed by atoms with van der Waals surface area (Å²) in [7, 11) is 0. The molecule has 0 saturated carbocycles. The van der Waals surface area contributed by atoms with Gasteiger partial charge in [0.15, 0.2) is 5.54 Å². The molecule has 1 unspecified atom stereocenters. The minimum atomic E-state index is -5.06. The fourth-order valence-electron chi connectivity index (χ4n) is 2.04. The van der Waals surface area contributed by atoms with E-state index in [9.17, 15) is 36.2 Å². The number of ether oxygens (including phenoxy) is 3. The summed E-state index contributed by atoms with van der Waals surface area (Å²) in [5.41, 5.74) is -1.62. The van der Waals surface area contributed by atoms with E-state index in [0.29, 0.717) is 0 Å². The highest BCUT2D eigenvalue weighted by Gasteiger charge is 2.40. The SMILES string of the molecule is CC1(C(=O)O)CSC(c2ccc(OCCOC(F)(F)F)cc2OC(F)(F)F)=N1. The van der Waals surface area contributed by atoms with Crippen LogP contribution in [-0.4, -0.2) is 53.3 Å². The zero-order valence-electron chi connectivity index (χ0n) is 14.1. The van der Waals surface area contributed by atoms with Crippen molar-refractivity contribution in [2.75, 3.05) is 19.0 Å². The largest absolute Gasteiger partial charge is 0.573 e. The van der Waals surface area contributed by atoms with Gasteiger partial charge in [-0.1, -0.05) is 0 Å². The minimum absolute atomic E-state index is 0.0101. The number of alkyl halides is 6. The maximum absolute atomic E-state index is 12.7. The number of rotatable bonds is 7. The molecule has 0 fully saturated rings. The van der Waals surface area contributed by atoms with Crippen molar-refractivity contribution in [3.8, 4) is 11.5 Å². The molecule has 0 aromatic heterocycles. The second kappa shape index (κ2) is 8.07. The highest BCUT2D eigenvalue weighted by atomic mass is 32.2. The Morgan fingerprint density at radius 2 is 1.89 bits per heavy atom. The summed E-state index contributed by atoms with van der Waals surface area (Å²) >= 11 is 0.937. The van der Waals surface area contributed by atoms with E-state index in [-0.39, 0.29) is 22.1 Å². The first-order valence-corrected chi connectivity index (χ1v) is 8.47. The maximum atomic E-state index is 12.7. The summed E-state index contributed by atoms with van der Waals surface area (Å²) < 4.78 is 86.2. The average Bonchev–Trinajstić information content (AvgIpc) is 2.93. The van der Waals surface area contributed by atoms with Crippen LogP contribution in [0.15, 0.2) is 23.2 Å². The molecule has 156 valence electrons. The van der Waals surface area contributed by atoms with Crippen molar-refractivity contribution in [2.45, 2.75) is 25.2 Å². The lowest BCUT2D eigenvalue weighted by molar-refractivity contribution is -0.325. The molecule has 0 saturated heterocycles. The molecule has 0 spiro atoms. The van der Waals surface area contributed by atoms with E-state index < -0.39 is 43.2 Å². The van der Waals surface area contributed by atoms with Gasteiger partial charge in [0.25, 0.3) is 0 Å². The van der Waals surface area contributed by atoms with Crippen molar-refractivity contribution in [1.82, 2.24) is 0 Å². The molecule has 1 heterocycles. The Morgan fingerprint density at radius 1 is 1.21 bits per heavy atom. The number of thioether (sulfide) groups is 1. The molecule has 0 bridgehead atoms. The van der Waals surface area contributed by atoms with Crippen LogP contribution in [0.5, 0.6) is 11.5 Å². The number of halogens is 6. The number of aliphatic carboxylic acids is 1. The van der Waals surface area contributed by atoms with E-state index in [0.717, 1.165) is 23.9 Å². The third-order valence-electron chi connectivity index (χ3n) is 3.33. The Hall–Kier alpha value is -2.15. The van der Waals surface area contributed by atoms with Crippen LogP contribution >= 0.6 is 11.8 Å². The van der Waals surface area contributed by atoms with Crippen LogP contribution in [0.3, 0.4) is 0 Å². The van der Waals surface area contributed by atoms with E-state index in [1.165, 1.54) is 13.0 Å². The molecule has 13 heteroatoms. The molecule has 1 atom stereocenters. The van der Waals surface area contributed by atoms with E-state index in [2.05, 4.69) is 14.5 Å². The van der Waals surface area contributed by atoms with Crippen LogP contribution in [0, 0.1) is 0 Å². The number of carboxylic acids is 1. The van der Waals surface area contributed by atoms with Gasteiger partial charge in [-0.25, -0.2) is 4.79 Å². The van der Waals surface area contributed by atoms with Gasteiger partial charge in [-0.2, -0.15) is 0 Å². The van der Waals surface area contributed by atoms with Gasteiger partial charge in [0.1, 0.15) is 23.1 Å². The Kier molecular flexibility index (Phi) is 6.38. The third kappa shape index (κ3) is 6.19. The average molecular weight is 433 g/mol. The number of nitrogens with zero attached hydrogens (tertiary/aromatic N) is 1. The predicted molar refractivity (Wildman–Crippen MR) is 85.7 cm³/mol. The van der Waals surface area contributed by atoms with Gasteiger partial charge in [0.05, 0.1) is 6.61 Å². The van der Waals surface area contributed by atoms with Crippen molar-refractivity contribution in [1.29, 1.82) is 0 Å². The number of aliphatic imine (C=N–C) groups is 1. The molecule has 2 rings (SSSR count). The highest BCUT2D eigenvalue weighted by Crippen LogP contribution is 2.37. The summed E-state index contributed by atoms with van der Waals surface area (Å²) in [6.45, 7) is -0.116. The van der Waals surface area contributed by atoms with E-state index in [1.807, 2.05) is 0 Å². The maximum Gasteiger partial charge on any atom is 0.573 e. The molecule has 28 heavy (non-hydrogen) atoms. The van der Waals surface area contributed by atoms with Gasteiger partial charge in [0, 0.05) is 17.4 Å². The molecular formula is C15H13F6NO5S. The Balaban J connectivity index is 2.23. The van der Waals surface area contributed by atoms with Gasteiger partial charge in [-0.15, -0.1) is 38.1 Å². The third-order valence-corrected chi connectivity index (χ3v) is 4.62. The van der Waals surface area contributed by atoms with Gasteiger partial charge in [-0.3, -0.25) is 9.73 Å². The molecule has 0 radical (unpaired) electrons. The van der Waals surface area contributed by atoms with Crippen molar-refractivity contribution < 1.29 is 50.5 Å². The number of hydrogen-bond donors (Lipinski definition) is 1. The first-order valence-electron chi connectivity index (χ1n) is 7.49. The molecular weight excluding hydrogens is 420 g/mol. The molecule has 1 aliphatic rings. The summed E-state index contributed by atoms with van der Waals surface area (Å²) in [5.74, 6) is -2.14. The summed E-state index contributed by atoms with van der Waals surface area (Å²) in [5, 5.41) is 9.20. The lowest BCUT2D eigenvalue weighted by Gasteiger charge is -2.15. The van der Waals surface area contributed by atoms with E-state index in [4.69, 9.17) is 4.74 Å². The van der Waals surface area contributed by atoms with Crippen molar-refractivity contribution >= 4 is 22.8 Å². The smallest absolute Gasteiger partial charge is 0.491 e. The van der Waals surface area contributed by atoms with Crippen molar-refractivity contribution in [3.05, 3.63) is 23.8 Å². The standard InChI is InChI=1S/C15H13F6NO5S/c1-13(12(23)24)7-28-11(22-13)9-3-2-8(6-10(9)27-15(19,20)21)25-4-5-26-14(16,17)18/h2-3,6H,4-5,7H2,1H3,(H,23,24). The lowest BCUT2D eigenvalue weighted by atomic mass is 10.1. The predicted octanol–water partition coefficient (Wildman–Crippen LogP) is 3.84. The molecule has 1 N–H and O–H groups in total. The van der Waals surface area contributed by atoms with Crippen LogP contribution in [0.1, 0.15) is 12.5 Å². The fourth-order valence-corrected chi connectivity index (χ4v) is 3.24. The Bertz CT molecular complexity index is 766. The molecule has 6 nitrogen and oxygen atoms in total. The van der Waals surface area contributed by atoms with Gasteiger partial charge in [0.2, 0.25) is 0 Å². The van der Waals surface area contributed by atoms with E-state index in [1.54, 1.807) is 0 Å². The van der Waals surface area contributed by atoms with Gasteiger partial charge >= 0.3 is 18.7 Å². The summed E-state index contributed by atoms with van der Waals surface area (Å²) in [6.07, 6.45) is -9.92. The minimum Gasteiger partial charge on any atom is -0.491 e. The molecule has 1 aliphatic heterocycles. The Labute approximate surface area is 158 Å². The first-order chi connectivity index (χ1) is 12.8. The van der Waals surface area contributed by atoms with Crippen molar-refractivity contribution in [2.24, 2.45) is 4.99 Å². The lowest BCUT2D eigenvalue weighted by Crippen LogP contribution is -2.33. The number of carbonyl (C=O) groups is 1. The van der Waals surface area contributed by atoms with Crippen LogP contribution in [0.4, 0.5) is 26.3 Å². The number of carboxylic acid groups (broad SMARTS) is 1. The molecule has 0 aliphatic carbocycles. The van der Waals surface area contributed by atoms with Crippen LogP contribution in [0.2, 0.25) is 0 Å². The van der Waals surface area contributed by atoms with Crippen molar-refractivity contribution in [3.63, 3.8) is 0 Å². The molecule has 1 aromatic rings.